The molecule has 122 valence electrons. The van der Waals surface area contributed by atoms with Gasteiger partial charge in [-0.15, -0.1) is 5.10 Å². The van der Waals surface area contributed by atoms with Crippen LogP contribution in [0.4, 0.5) is 0 Å². The van der Waals surface area contributed by atoms with Crippen molar-refractivity contribution in [3.63, 3.8) is 0 Å². The lowest BCUT2D eigenvalue weighted by molar-refractivity contribution is 0.271. The summed E-state index contributed by atoms with van der Waals surface area (Å²) in [6, 6.07) is 19.6. The summed E-state index contributed by atoms with van der Waals surface area (Å²) >= 11 is 0. The van der Waals surface area contributed by atoms with Gasteiger partial charge in [-0.25, -0.2) is 9.67 Å². The van der Waals surface area contributed by atoms with E-state index in [9.17, 15) is 5.11 Å². The number of aliphatic hydroxyl groups is 1. The summed E-state index contributed by atoms with van der Waals surface area (Å²) in [5.41, 5.74) is 1.90. The maximum absolute atomic E-state index is 9.23. The van der Waals surface area contributed by atoms with Gasteiger partial charge in [0.25, 0.3) is 0 Å². The molecule has 4 nitrogen and oxygen atoms in total. The van der Waals surface area contributed by atoms with Crippen LogP contribution < -0.4 is 0 Å². The topological polar surface area (TPSA) is 50.9 Å². The smallest absolute Gasteiger partial charge is 0.177 e. The quantitative estimate of drug-likeness (QED) is 0.776. The van der Waals surface area contributed by atoms with Gasteiger partial charge in [-0.3, -0.25) is 0 Å². The lowest BCUT2D eigenvalue weighted by atomic mass is 10.2. The maximum Gasteiger partial charge on any atom is 0.177 e. The highest BCUT2D eigenvalue weighted by Crippen LogP contribution is 2.20. The molecule has 2 aromatic carbocycles. The van der Waals surface area contributed by atoms with E-state index in [-0.39, 0.29) is 6.61 Å². The van der Waals surface area contributed by atoms with Crippen LogP contribution in [0.3, 0.4) is 0 Å². The van der Waals surface area contributed by atoms with E-state index in [1.165, 1.54) is 0 Å². The van der Waals surface area contributed by atoms with Crippen LogP contribution in [0.15, 0.2) is 60.7 Å². The average molecular weight is 311 g/mol. The van der Waals surface area contributed by atoms with Crippen molar-refractivity contribution in [2.24, 2.45) is 0 Å². The Morgan fingerprint density at radius 2 is 1.35 bits per heavy atom. The van der Waals surface area contributed by atoms with Crippen molar-refractivity contribution in [2.45, 2.75) is 34.3 Å². The molecule has 0 aliphatic rings. The minimum Gasteiger partial charge on any atom is -0.388 e. The Hall–Kier alpha value is -2.46. The fourth-order valence-corrected chi connectivity index (χ4v) is 1.95. The van der Waals surface area contributed by atoms with Crippen molar-refractivity contribution in [3.8, 4) is 17.1 Å². The van der Waals surface area contributed by atoms with Crippen molar-refractivity contribution in [1.29, 1.82) is 0 Å². The monoisotopic (exact) mass is 311 g/mol. The second-order valence-corrected chi connectivity index (χ2v) is 4.12. The summed E-state index contributed by atoms with van der Waals surface area (Å²) in [7, 11) is 0. The van der Waals surface area contributed by atoms with E-state index in [2.05, 4.69) is 10.1 Å². The standard InChI is InChI=1S/C15H13N3O.2C2H6/c19-11-14-16-15(12-7-3-1-4-8-12)18(17-14)13-9-5-2-6-10-13;2*1-2/h1-10,19H,11H2;2*1-2H3. The van der Waals surface area contributed by atoms with Gasteiger partial charge in [0.15, 0.2) is 11.6 Å². The Morgan fingerprint density at radius 3 is 1.87 bits per heavy atom. The Kier molecular flexibility index (Phi) is 8.32. The first-order chi connectivity index (χ1) is 11.4. The molecular formula is C19H25N3O. The normalized spacial score (nSPS) is 9.26. The molecular weight excluding hydrogens is 286 g/mol. The average Bonchev–Trinajstić information content (AvgIpc) is 3.11. The first kappa shape index (κ1) is 18.6. The molecule has 1 heterocycles. The van der Waals surface area contributed by atoms with Crippen molar-refractivity contribution >= 4 is 0 Å². The van der Waals surface area contributed by atoms with E-state index < -0.39 is 0 Å². The Balaban J connectivity index is 0.000000615. The number of hydrogen-bond donors (Lipinski definition) is 1. The Morgan fingerprint density at radius 1 is 0.826 bits per heavy atom. The van der Waals surface area contributed by atoms with E-state index in [4.69, 9.17) is 0 Å². The van der Waals surface area contributed by atoms with Gasteiger partial charge in [0.05, 0.1) is 5.69 Å². The fourth-order valence-electron chi connectivity index (χ4n) is 1.95. The minimum absolute atomic E-state index is 0.167. The van der Waals surface area contributed by atoms with Crippen LogP contribution in [-0.2, 0) is 6.61 Å². The molecule has 3 rings (SSSR count). The first-order valence-electron chi connectivity index (χ1n) is 8.06. The van der Waals surface area contributed by atoms with Gasteiger partial charge in [0.2, 0.25) is 0 Å². The van der Waals surface area contributed by atoms with E-state index >= 15 is 0 Å². The molecule has 23 heavy (non-hydrogen) atoms. The number of para-hydroxylation sites is 1. The summed E-state index contributed by atoms with van der Waals surface area (Å²) in [6.07, 6.45) is 0. The van der Waals surface area contributed by atoms with Crippen molar-refractivity contribution < 1.29 is 5.11 Å². The molecule has 0 bridgehead atoms. The lowest BCUT2D eigenvalue weighted by Crippen LogP contribution is -1.99. The first-order valence-corrected chi connectivity index (χ1v) is 8.06. The molecule has 3 aromatic rings. The maximum atomic E-state index is 9.23. The summed E-state index contributed by atoms with van der Waals surface area (Å²) in [6.45, 7) is 7.83. The van der Waals surface area contributed by atoms with Crippen molar-refractivity contribution in [3.05, 3.63) is 66.5 Å². The second-order valence-electron chi connectivity index (χ2n) is 4.12. The molecule has 4 heteroatoms. The molecule has 0 saturated carbocycles. The zero-order valence-electron chi connectivity index (χ0n) is 14.3. The predicted molar refractivity (Wildman–Crippen MR) is 95.4 cm³/mol. The van der Waals surface area contributed by atoms with Crippen LogP contribution in [0.25, 0.3) is 17.1 Å². The highest BCUT2D eigenvalue weighted by molar-refractivity contribution is 5.57. The molecule has 0 aliphatic carbocycles. The van der Waals surface area contributed by atoms with Crippen molar-refractivity contribution in [2.75, 3.05) is 0 Å². The van der Waals surface area contributed by atoms with Crippen LogP contribution in [0.1, 0.15) is 33.5 Å². The number of rotatable bonds is 3. The van der Waals surface area contributed by atoms with Gasteiger partial charge < -0.3 is 5.11 Å². The second kappa shape index (κ2) is 10.3. The molecule has 0 atom stereocenters. The summed E-state index contributed by atoms with van der Waals surface area (Å²) in [5.74, 6) is 1.15. The molecule has 1 N–H and O–H groups in total. The van der Waals surface area contributed by atoms with E-state index in [0.717, 1.165) is 17.1 Å². The molecule has 0 amide bonds. The number of hydrogen-bond acceptors (Lipinski definition) is 3. The zero-order chi connectivity index (χ0) is 17.1. The van der Waals surface area contributed by atoms with Gasteiger partial charge in [0.1, 0.15) is 6.61 Å². The largest absolute Gasteiger partial charge is 0.388 e. The number of aromatic nitrogens is 3. The van der Waals surface area contributed by atoms with Crippen LogP contribution in [0.2, 0.25) is 0 Å². The van der Waals surface area contributed by atoms with Gasteiger partial charge in [0, 0.05) is 5.56 Å². The highest BCUT2D eigenvalue weighted by Gasteiger charge is 2.12. The summed E-state index contributed by atoms with van der Waals surface area (Å²) in [4.78, 5) is 4.38. The third-order valence-electron chi connectivity index (χ3n) is 2.83. The fraction of sp³-hybridized carbons (Fsp3) is 0.263. The number of benzene rings is 2. The molecule has 0 unspecified atom stereocenters. The van der Waals surface area contributed by atoms with Gasteiger partial charge in [-0.05, 0) is 12.1 Å². The van der Waals surface area contributed by atoms with Crippen LogP contribution >= 0.6 is 0 Å². The van der Waals surface area contributed by atoms with E-state index in [1.54, 1.807) is 4.68 Å². The molecule has 0 radical (unpaired) electrons. The SMILES string of the molecule is CC.CC.OCc1nc(-c2ccccc2)n(-c2ccccc2)n1. The highest BCUT2D eigenvalue weighted by atomic mass is 16.3. The minimum atomic E-state index is -0.167. The van der Waals surface area contributed by atoms with Crippen LogP contribution in [0, 0.1) is 0 Å². The van der Waals surface area contributed by atoms with Gasteiger partial charge >= 0.3 is 0 Å². The third kappa shape index (κ3) is 4.76. The lowest BCUT2D eigenvalue weighted by Gasteiger charge is -2.05. The summed E-state index contributed by atoms with van der Waals surface area (Å²) < 4.78 is 1.75. The zero-order valence-corrected chi connectivity index (χ0v) is 14.3. The molecule has 0 spiro atoms. The Bertz CT molecular complexity index is 607. The molecule has 0 saturated heterocycles. The van der Waals surface area contributed by atoms with E-state index in [0.29, 0.717) is 5.82 Å². The van der Waals surface area contributed by atoms with Crippen molar-refractivity contribution in [1.82, 2.24) is 14.8 Å². The number of nitrogens with zero attached hydrogens (tertiary/aromatic N) is 3. The molecule has 0 fully saturated rings. The van der Waals surface area contributed by atoms with Gasteiger partial charge in [-0.1, -0.05) is 76.2 Å². The van der Waals surface area contributed by atoms with Crippen LogP contribution in [0.5, 0.6) is 0 Å². The van der Waals surface area contributed by atoms with Gasteiger partial charge in [-0.2, -0.15) is 0 Å². The Labute approximate surface area is 138 Å². The summed E-state index contributed by atoms with van der Waals surface area (Å²) in [5, 5.41) is 13.6. The predicted octanol–water partition coefficient (Wildman–Crippen LogP) is 4.48. The van der Waals surface area contributed by atoms with E-state index in [1.807, 2.05) is 88.4 Å². The molecule has 1 aromatic heterocycles. The molecule has 0 aliphatic heterocycles. The number of aliphatic hydroxyl groups excluding tert-OH is 1. The van der Waals surface area contributed by atoms with Crippen LogP contribution in [-0.4, -0.2) is 19.9 Å². The third-order valence-corrected chi connectivity index (χ3v) is 2.83.